The molecular weight excluding hydrogens is 288 g/mol. The molecule has 0 bridgehead atoms. The summed E-state index contributed by atoms with van der Waals surface area (Å²) >= 11 is 0. The van der Waals surface area contributed by atoms with Crippen molar-refractivity contribution in [2.24, 2.45) is 0 Å². The predicted molar refractivity (Wildman–Crippen MR) is 91.0 cm³/mol. The van der Waals surface area contributed by atoms with E-state index < -0.39 is 0 Å². The highest BCUT2D eigenvalue weighted by molar-refractivity contribution is 5.93. The first-order valence-electron chi connectivity index (χ1n) is 8.12. The second-order valence-electron chi connectivity index (χ2n) is 6.15. The van der Waals surface area contributed by atoms with Crippen molar-refractivity contribution in [2.45, 2.75) is 32.6 Å². The number of carbonyl (C=O) groups excluding carboxylic acids is 1. The van der Waals surface area contributed by atoms with E-state index in [0.29, 0.717) is 17.4 Å². The van der Waals surface area contributed by atoms with E-state index in [1.54, 1.807) is 6.07 Å². The average molecular weight is 310 g/mol. The van der Waals surface area contributed by atoms with Crippen LogP contribution in [0, 0.1) is 0 Å². The Bertz CT molecular complexity index is 693. The normalized spacial score (nSPS) is 14.3. The van der Waals surface area contributed by atoms with Gasteiger partial charge in [0.25, 0.3) is 5.91 Å². The maximum absolute atomic E-state index is 12.4. The maximum atomic E-state index is 12.4. The average Bonchev–Trinajstić information content (AvgIpc) is 3.09. The molecule has 1 aliphatic heterocycles. The quantitative estimate of drug-likeness (QED) is 0.937. The van der Waals surface area contributed by atoms with Crippen LogP contribution < -0.4 is 5.32 Å². The first kappa shape index (κ1) is 15.5. The molecule has 23 heavy (non-hydrogen) atoms. The summed E-state index contributed by atoms with van der Waals surface area (Å²) in [5.41, 5.74) is 2.69. The number of hydrogen-bond acceptors (Lipinski definition) is 4. The molecule has 0 radical (unpaired) electrons. The zero-order valence-corrected chi connectivity index (χ0v) is 13.6. The molecule has 5 nitrogen and oxygen atoms in total. The fourth-order valence-electron chi connectivity index (χ4n) is 2.88. The Labute approximate surface area is 136 Å². The van der Waals surface area contributed by atoms with Crippen LogP contribution in [0.1, 0.15) is 48.7 Å². The van der Waals surface area contributed by atoms with Gasteiger partial charge >= 0.3 is 0 Å². The topological polar surface area (TPSA) is 58.1 Å². The largest absolute Gasteiger partial charge is 0.340 e. The Balaban J connectivity index is 1.82. The summed E-state index contributed by atoms with van der Waals surface area (Å²) in [5, 5.41) is 3.32. The van der Waals surface area contributed by atoms with E-state index >= 15 is 0 Å². The highest BCUT2D eigenvalue weighted by Gasteiger charge is 2.21. The van der Waals surface area contributed by atoms with Crippen molar-refractivity contribution in [3.63, 3.8) is 0 Å². The smallest absolute Gasteiger partial charge is 0.272 e. The van der Waals surface area contributed by atoms with Gasteiger partial charge < -0.3 is 10.2 Å². The number of aromatic nitrogens is 2. The summed E-state index contributed by atoms with van der Waals surface area (Å²) in [4.78, 5) is 22.7. The van der Waals surface area contributed by atoms with E-state index in [1.165, 1.54) is 11.9 Å². The van der Waals surface area contributed by atoms with Crippen molar-refractivity contribution >= 4 is 17.4 Å². The van der Waals surface area contributed by atoms with Gasteiger partial charge in [-0.15, -0.1) is 0 Å². The molecule has 2 aromatic rings. The lowest BCUT2D eigenvalue weighted by atomic mass is 10.0. The van der Waals surface area contributed by atoms with Crippen LogP contribution in [0.3, 0.4) is 0 Å². The molecular formula is C18H22N4O. The number of amides is 1. The molecule has 0 spiro atoms. The van der Waals surface area contributed by atoms with Crippen molar-refractivity contribution in [1.82, 2.24) is 14.9 Å². The number of benzene rings is 1. The highest BCUT2D eigenvalue weighted by atomic mass is 16.2. The summed E-state index contributed by atoms with van der Waals surface area (Å²) in [6.07, 6.45) is 3.59. The number of nitrogens with one attached hydrogen (secondary N) is 1. The van der Waals surface area contributed by atoms with Crippen LogP contribution in [0.2, 0.25) is 0 Å². The van der Waals surface area contributed by atoms with Crippen molar-refractivity contribution in [1.29, 1.82) is 0 Å². The predicted octanol–water partition coefficient (Wildman–Crippen LogP) is 3.58. The number of carbonyl (C=O) groups is 1. The lowest BCUT2D eigenvalue weighted by Gasteiger charge is -2.16. The highest BCUT2D eigenvalue weighted by Crippen LogP contribution is 2.26. The summed E-state index contributed by atoms with van der Waals surface area (Å²) in [6, 6.07) is 9.89. The zero-order chi connectivity index (χ0) is 16.2. The molecule has 0 atom stereocenters. The van der Waals surface area contributed by atoms with Crippen LogP contribution in [0.4, 0.5) is 11.5 Å². The standard InChI is InChI=1S/C18H22N4O/c1-13(2)14-7-3-4-8-15(14)21-17-11-16(19-12-20-17)18(23)22-9-5-6-10-22/h3-4,7-8,11-13H,5-6,9-10H2,1-2H3,(H,19,20,21). The fourth-order valence-corrected chi connectivity index (χ4v) is 2.88. The molecule has 1 amide bonds. The second-order valence-corrected chi connectivity index (χ2v) is 6.15. The van der Waals surface area contributed by atoms with E-state index in [9.17, 15) is 4.79 Å². The monoisotopic (exact) mass is 310 g/mol. The first-order valence-corrected chi connectivity index (χ1v) is 8.12. The van der Waals surface area contributed by atoms with Crippen molar-refractivity contribution in [2.75, 3.05) is 18.4 Å². The van der Waals surface area contributed by atoms with Gasteiger partial charge in [-0.1, -0.05) is 32.0 Å². The number of anilines is 2. The molecule has 5 heteroatoms. The van der Waals surface area contributed by atoms with Gasteiger partial charge in [-0.2, -0.15) is 0 Å². The zero-order valence-electron chi connectivity index (χ0n) is 13.6. The third kappa shape index (κ3) is 3.50. The molecule has 1 aromatic carbocycles. The first-order chi connectivity index (χ1) is 11.1. The molecule has 0 aliphatic carbocycles. The molecule has 2 heterocycles. The Kier molecular flexibility index (Phi) is 4.55. The van der Waals surface area contributed by atoms with Gasteiger partial charge in [0.15, 0.2) is 0 Å². The summed E-state index contributed by atoms with van der Waals surface area (Å²) in [7, 11) is 0. The van der Waals surface area contributed by atoms with Gasteiger partial charge in [0.2, 0.25) is 0 Å². The maximum Gasteiger partial charge on any atom is 0.272 e. The van der Waals surface area contributed by atoms with E-state index in [4.69, 9.17) is 0 Å². The van der Waals surface area contributed by atoms with Crippen LogP contribution >= 0.6 is 0 Å². The summed E-state index contributed by atoms with van der Waals surface area (Å²) in [5.74, 6) is 1.05. The second kappa shape index (κ2) is 6.77. The number of hydrogen-bond donors (Lipinski definition) is 1. The third-order valence-electron chi connectivity index (χ3n) is 4.13. The van der Waals surface area contributed by atoms with Crippen LogP contribution in [0.15, 0.2) is 36.7 Å². The molecule has 1 N–H and O–H groups in total. The van der Waals surface area contributed by atoms with Gasteiger partial charge in [-0.25, -0.2) is 9.97 Å². The molecule has 1 aliphatic rings. The van der Waals surface area contributed by atoms with Crippen molar-refractivity contribution < 1.29 is 4.79 Å². The number of likely N-dealkylation sites (tertiary alicyclic amines) is 1. The van der Waals surface area contributed by atoms with E-state index in [0.717, 1.165) is 31.6 Å². The lowest BCUT2D eigenvalue weighted by molar-refractivity contribution is 0.0787. The number of rotatable bonds is 4. The number of para-hydroxylation sites is 1. The van der Waals surface area contributed by atoms with Crippen molar-refractivity contribution in [3.05, 3.63) is 47.9 Å². The van der Waals surface area contributed by atoms with Gasteiger partial charge in [0, 0.05) is 24.8 Å². The molecule has 1 fully saturated rings. The van der Waals surface area contributed by atoms with Crippen LogP contribution in [-0.2, 0) is 0 Å². The Morgan fingerprint density at radius 2 is 1.91 bits per heavy atom. The molecule has 0 unspecified atom stereocenters. The lowest BCUT2D eigenvalue weighted by Crippen LogP contribution is -2.28. The van der Waals surface area contributed by atoms with Gasteiger partial charge in [-0.3, -0.25) is 4.79 Å². The van der Waals surface area contributed by atoms with E-state index in [2.05, 4.69) is 35.2 Å². The van der Waals surface area contributed by atoms with Gasteiger partial charge in [0.05, 0.1) is 0 Å². The SMILES string of the molecule is CC(C)c1ccccc1Nc1cc(C(=O)N2CCCC2)ncn1. The summed E-state index contributed by atoms with van der Waals surface area (Å²) < 4.78 is 0. The molecule has 3 rings (SSSR count). The number of nitrogens with zero attached hydrogens (tertiary/aromatic N) is 3. The van der Waals surface area contributed by atoms with E-state index in [1.807, 2.05) is 23.1 Å². The van der Waals surface area contributed by atoms with E-state index in [-0.39, 0.29) is 5.91 Å². The third-order valence-corrected chi connectivity index (χ3v) is 4.13. The Hall–Kier alpha value is -2.43. The minimum Gasteiger partial charge on any atom is -0.340 e. The summed E-state index contributed by atoms with van der Waals surface area (Å²) in [6.45, 7) is 5.95. The van der Waals surface area contributed by atoms with Crippen LogP contribution in [-0.4, -0.2) is 33.9 Å². The minimum atomic E-state index is -0.00917. The minimum absolute atomic E-state index is 0.00917. The van der Waals surface area contributed by atoms with Crippen LogP contribution in [0.5, 0.6) is 0 Å². The van der Waals surface area contributed by atoms with Crippen molar-refractivity contribution in [3.8, 4) is 0 Å². The molecule has 1 saturated heterocycles. The molecule has 1 aromatic heterocycles. The Morgan fingerprint density at radius 3 is 2.65 bits per heavy atom. The van der Waals surface area contributed by atoms with Gasteiger partial charge in [-0.05, 0) is 30.4 Å². The fraction of sp³-hybridized carbons (Fsp3) is 0.389. The van der Waals surface area contributed by atoms with Crippen LogP contribution in [0.25, 0.3) is 0 Å². The Morgan fingerprint density at radius 1 is 1.17 bits per heavy atom. The molecule has 120 valence electrons. The molecule has 0 saturated carbocycles. The van der Waals surface area contributed by atoms with Gasteiger partial charge in [0.1, 0.15) is 17.8 Å².